The molecule has 1 heteroatoms. The van der Waals surface area contributed by atoms with Crippen molar-refractivity contribution < 1.29 is 4.42 Å². The van der Waals surface area contributed by atoms with Gasteiger partial charge in [0.1, 0.15) is 5.76 Å². The predicted octanol–water partition coefficient (Wildman–Crippen LogP) is 5.43. The monoisotopic (exact) mass is 264 g/mol. The van der Waals surface area contributed by atoms with Gasteiger partial charge in [0.25, 0.3) is 0 Å². The van der Waals surface area contributed by atoms with Gasteiger partial charge < -0.3 is 4.42 Å². The molecule has 0 fully saturated rings. The molecule has 0 atom stereocenters. The van der Waals surface area contributed by atoms with Gasteiger partial charge in [-0.1, -0.05) is 54.6 Å². The molecule has 1 heterocycles. The van der Waals surface area contributed by atoms with Gasteiger partial charge in [-0.2, -0.15) is 0 Å². The summed E-state index contributed by atoms with van der Waals surface area (Å²) in [6.45, 7) is 6.03. The second kappa shape index (κ2) is 7.34. The van der Waals surface area contributed by atoms with E-state index in [0.29, 0.717) is 0 Å². The molecule has 0 saturated carbocycles. The smallest absolute Gasteiger partial charge is 0.126 e. The van der Waals surface area contributed by atoms with Crippen LogP contribution in [0.25, 0.3) is 6.08 Å². The van der Waals surface area contributed by atoms with Crippen molar-refractivity contribution in [1.29, 1.82) is 0 Å². The summed E-state index contributed by atoms with van der Waals surface area (Å²) < 4.78 is 5.37. The highest BCUT2D eigenvalue weighted by Crippen LogP contribution is 2.16. The van der Waals surface area contributed by atoms with Crippen LogP contribution in [-0.2, 0) is 6.42 Å². The topological polar surface area (TPSA) is 13.1 Å². The molecule has 0 N–H and O–H groups in total. The van der Waals surface area contributed by atoms with Gasteiger partial charge >= 0.3 is 0 Å². The van der Waals surface area contributed by atoms with Gasteiger partial charge in [0.15, 0.2) is 0 Å². The number of furan rings is 1. The quantitative estimate of drug-likeness (QED) is 0.501. The van der Waals surface area contributed by atoms with Crippen molar-refractivity contribution in [2.45, 2.75) is 19.8 Å². The van der Waals surface area contributed by atoms with E-state index in [4.69, 9.17) is 4.42 Å². The van der Waals surface area contributed by atoms with E-state index < -0.39 is 0 Å². The Hall–Kier alpha value is -2.28. The Balaban J connectivity index is 2.06. The highest BCUT2D eigenvalue weighted by molar-refractivity contribution is 5.52. The Bertz CT molecular complexity index is 586. The number of rotatable bonds is 6. The van der Waals surface area contributed by atoms with Crippen molar-refractivity contribution in [3.05, 3.63) is 89.9 Å². The van der Waals surface area contributed by atoms with E-state index in [9.17, 15) is 0 Å². The SMILES string of the molecule is C=C(C)CC(/C=C/Cc1ccccc1)=C\c1ccco1. The highest BCUT2D eigenvalue weighted by Gasteiger charge is 1.97. The Labute approximate surface area is 120 Å². The molecular weight excluding hydrogens is 244 g/mol. The minimum atomic E-state index is 0.867. The maximum atomic E-state index is 5.37. The number of allylic oxidation sites excluding steroid dienone is 4. The van der Waals surface area contributed by atoms with E-state index in [1.807, 2.05) is 25.1 Å². The second-order valence-electron chi connectivity index (χ2n) is 4.96. The molecule has 0 unspecified atom stereocenters. The summed E-state index contributed by atoms with van der Waals surface area (Å²) in [7, 11) is 0. The standard InChI is InChI=1S/C19H20O/c1-16(2)14-18(15-19-12-7-13-20-19)11-6-10-17-8-4-3-5-9-17/h3-9,11-13,15H,1,10,14H2,2H3/b11-6+,18-15-. The van der Waals surface area contributed by atoms with E-state index in [2.05, 4.69) is 49.1 Å². The van der Waals surface area contributed by atoms with Crippen molar-refractivity contribution in [3.63, 3.8) is 0 Å². The lowest BCUT2D eigenvalue weighted by atomic mass is 10.0. The van der Waals surface area contributed by atoms with Crippen LogP contribution in [0.3, 0.4) is 0 Å². The molecule has 0 aliphatic rings. The van der Waals surface area contributed by atoms with Crippen molar-refractivity contribution in [2.75, 3.05) is 0 Å². The molecule has 0 amide bonds. The fourth-order valence-electron chi connectivity index (χ4n) is 2.02. The van der Waals surface area contributed by atoms with E-state index in [1.54, 1.807) is 6.26 Å². The summed E-state index contributed by atoms with van der Waals surface area (Å²) in [5, 5.41) is 0. The molecule has 102 valence electrons. The Morgan fingerprint density at radius 1 is 1.15 bits per heavy atom. The number of benzene rings is 1. The molecule has 2 aromatic rings. The Kier molecular flexibility index (Phi) is 5.19. The molecule has 1 nitrogen and oxygen atoms in total. The first-order valence-corrected chi connectivity index (χ1v) is 6.83. The third-order valence-corrected chi connectivity index (χ3v) is 2.91. The van der Waals surface area contributed by atoms with Gasteiger partial charge in [0, 0.05) is 0 Å². The van der Waals surface area contributed by atoms with Crippen molar-refractivity contribution in [3.8, 4) is 0 Å². The lowest BCUT2D eigenvalue weighted by molar-refractivity contribution is 0.556. The van der Waals surface area contributed by atoms with Crippen LogP contribution >= 0.6 is 0 Å². The molecule has 0 aliphatic carbocycles. The van der Waals surface area contributed by atoms with Gasteiger partial charge in [0.2, 0.25) is 0 Å². The largest absolute Gasteiger partial charge is 0.465 e. The summed E-state index contributed by atoms with van der Waals surface area (Å²) in [6.07, 6.45) is 9.91. The molecular formula is C19H20O. The zero-order valence-corrected chi connectivity index (χ0v) is 11.9. The van der Waals surface area contributed by atoms with Gasteiger partial charge in [0.05, 0.1) is 6.26 Å². The van der Waals surface area contributed by atoms with Crippen LogP contribution in [0.4, 0.5) is 0 Å². The second-order valence-corrected chi connectivity index (χ2v) is 4.96. The van der Waals surface area contributed by atoms with Crippen LogP contribution in [0.2, 0.25) is 0 Å². The Morgan fingerprint density at radius 2 is 1.95 bits per heavy atom. The van der Waals surface area contributed by atoms with E-state index >= 15 is 0 Å². The summed E-state index contributed by atoms with van der Waals surface area (Å²) in [4.78, 5) is 0. The van der Waals surface area contributed by atoms with Crippen LogP contribution < -0.4 is 0 Å². The molecule has 1 aromatic heterocycles. The molecule has 0 bridgehead atoms. The third kappa shape index (κ3) is 4.77. The maximum absolute atomic E-state index is 5.37. The normalized spacial score (nSPS) is 11.9. The van der Waals surface area contributed by atoms with Crippen LogP contribution in [0, 0.1) is 0 Å². The van der Waals surface area contributed by atoms with Crippen molar-refractivity contribution >= 4 is 6.08 Å². The van der Waals surface area contributed by atoms with Gasteiger partial charge in [-0.25, -0.2) is 0 Å². The van der Waals surface area contributed by atoms with E-state index in [0.717, 1.165) is 24.2 Å². The van der Waals surface area contributed by atoms with E-state index in [-0.39, 0.29) is 0 Å². The van der Waals surface area contributed by atoms with Gasteiger partial charge in [-0.3, -0.25) is 0 Å². The number of hydrogen-bond acceptors (Lipinski definition) is 1. The lowest BCUT2D eigenvalue weighted by Gasteiger charge is -2.01. The highest BCUT2D eigenvalue weighted by atomic mass is 16.3. The lowest BCUT2D eigenvalue weighted by Crippen LogP contribution is -1.83. The summed E-state index contributed by atoms with van der Waals surface area (Å²) in [5.74, 6) is 0.880. The van der Waals surface area contributed by atoms with Gasteiger partial charge in [-0.05, 0) is 49.1 Å². The molecule has 2 rings (SSSR count). The summed E-state index contributed by atoms with van der Waals surface area (Å²) in [5.41, 5.74) is 3.67. The predicted molar refractivity (Wildman–Crippen MR) is 85.4 cm³/mol. The molecule has 0 spiro atoms. The van der Waals surface area contributed by atoms with Crippen LogP contribution in [-0.4, -0.2) is 0 Å². The minimum Gasteiger partial charge on any atom is -0.465 e. The van der Waals surface area contributed by atoms with Gasteiger partial charge in [-0.15, -0.1) is 0 Å². The minimum absolute atomic E-state index is 0.867. The summed E-state index contributed by atoms with van der Waals surface area (Å²) >= 11 is 0. The molecule has 1 aromatic carbocycles. The molecule has 0 saturated heterocycles. The average Bonchev–Trinajstić information content (AvgIpc) is 2.92. The maximum Gasteiger partial charge on any atom is 0.126 e. The summed E-state index contributed by atoms with van der Waals surface area (Å²) in [6, 6.07) is 14.3. The first kappa shape index (κ1) is 14.1. The first-order valence-electron chi connectivity index (χ1n) is 6.83. The molecule has 0 aliphatic heterocycles. The van der Waals surface area contributed by atoms with Crippen molar-refractivity contribution in [1.82, 2.24) is 0 Å². The fourth-order valence-corrected chi connectivity index (χ4v) is 2.02. The average molecular weight is 264 g/mol. The Morgan fingerprint density at radius 3 is 2.60 bits per heavy atom. The van der Waals surface area contributed by atoms with Crippen LogP contribution in [0.15, 0.2) is 83.0 Å². The molecule has 20 heavy (non-hydrogen) atoms. The first-order chi connectivity index (χ1) is 9.74. The fraction of sp³-hybridized carbons (Fsp3) is 0.158. The van der Waals surface area contributed by atoms with Crippen molar-refractivity contribution in [2.24, 2.45) is 0 Å². The van der Waals surface area contributed by atoms with E-state index in [1.165, 1.54) is 11.1 Å². The molecule has 0 radical (unpaired) electrons. The van der Waals surface area contributed by atoms with Crippen LogP contribution in [0.5, 0.6) is 0 Å². The zero-order valence-electron chi connectivity index (χ0n) is 11.9. The number of hydrogen-bond donors (Lipinski definition) is 0. The van der Waals surface area contributed by atoms with Crippen LogP contribution in [0.1, 0.15) is 24.7 Å². The zero-order chi connectivity index (χ0) is 14.2. The third-order valence-electron chi connectivity index (χ3n) is 2.91.